The zero-order chi connectivity index (χ0) is 15.7. The molecular weight excluding hydrogens is 290 g/mol. The molecule has 9 nitrogen and oxygen atoms in total. The van der Waals surface area contributed by atoms with Crippen LogP contribution in [0.3, 0.4) is 0 Å². The first kappa shape index (κ1) is 14.6. The predicted molar refractivity (Wildman–Crippen MR) is 72.0 cm³/mol. The van der Waals surface area contributed by atoms with Gasteiger partial charge in [-0.15, -0.1) is 10.2 Å². The van der Waals surface area contributed by atoms with Gasteiger partial charge in [0.2, 0.25) is 11.8 Å². The number of hydrogen-bond acceptors (Lipinski definition) is 8. The minimum absolute atomic E-state index is 0.122. The van der Waals surface area contributed by atoms with E-state index < -0.39 is 6.04 Å². The summed E-state index contributed by atoms with van der Waals surface area (Å²) in [5.41, 5.74) is 0.638. The molecule has 1 aliphatic heterocycles. The molecule has 2 aromatic rings. The van der Waals surface area contributed by atoms with Crippen molar-refractivity contribution in [3.05, 3.63) is 23.2 Å². The van der Waals surface area contributed by atoms with Crippen LogP contribution >= 0.6 is 0 Å². The molecule has 0 radical (unpaired) electrons. The lowest BCUT2D eigenvalue weighted by molar-refractivity contribution is -0.0112. The van der Waals surface area contributed by atoms with Gasteiger partial charge >= 0.3 is 0 Å². The van der Waals surface area contributed by atoms with Crippen LogP contribution in [-0.2, 0) is 4.74 Å². The van der Waals surface area contributed by atoms with E-state index >= 15 is 0 Å². The molecule has 2 aromatic heterocycles. The summed E-state index contributed by atoms with van der Waals surface area (Å²) in [6, 6.07) is -0.433. The highest BCUT2D eigenvalue weighted by Crippen LogP contribution is 2.26. The van der Waals surface area contributed by atoms with E-state index in [4.69, 9.17) is 9.15 Å². The predicted octanol–water partition coefficient (Wildman–Crippen LogP) is 1.10. The molecule has 1 atom stereocenters. The molecule has 0 bridgehead atoms. The van der Waals surface area contributed by atoms with Crippen molar-refractivity contribution >= 4 is 5.91 Å². The topological polar surface area (TPSA) is 107 Å². The highest BCUT2D eigenvalue weighted by atomic mass is 16.6. The molecule has 1 amide bonds. The van der Waals surface area contributed by atoms with Crippen LogP contribution in [0.2, 0.25) is 0 Å². The van der Waals surface area contributed by atoms with Crippen LogP contribution in [0.5, 0.6) is 0 Å². The van der Waals surface area contributed by atoms with Crippen LogP contribution in [0.25, 0.3) is 0 Å². The summed E-state index contributed by atoms with van der Waals surface area (Å²) in [6.07, 6.45) is 0. The Hall–Kier alpha value is -2.29. The van der Waals surface area contributed by atoms with E-state index in [1.165, 1.54) is 0 Å². The average Bonchev–Trinajstić information content (AvgIpc) is 3.15. The lowest BCUT2D eigenvalue weighted by Crippen LogP contribution is -2.44. The Balaban J connectivity index is 1.87. The van der Waals surface area contributed by atoms with E-state index in [-0.39, 0.29) is 17.5 Å². The van der Waals surface area contributed by atoms with Gasteiger partial charge in [-0.1, -0.05) is 19.0 Å². The molecular formula is C13H17N5O4. The van der Waals surface area contributed by atoms with Crippen molar-refractivity contribution < 1.29 is 18.6 Å². The molecule has 1 aliphatic rings. The van der Waals surface area contributed by atoms with Crippen molar-refractivity contribution in [2.24, 2.45) is 0 Å². The van der Waals surface area contributed by atoms with E-state index in [2.05, 4.69) is 25.1 Å². The molecule has 118 valence electrons. The number of amides is 1. The first-order valence-corrected chi connectivity index (χ1v) is 7.09. The van der Waals surface area contributed by atoms with Crippen LogP contribution in [0.15, 0.2) is 9.05 Å². The van der Waals surface area contributed by atoms with Crippen LogP contribution in [0.1, 0.15) is 53.8 Å². The molecule has 1 unspecified atom stereocenters. The molecule has 3 rings (SSSR count). The van der Waals surface area contributed by atoms with Gasteiger partial charge in [0.15, 0.2) is 5.69 Å². The monoisotopic (exact) mass is 307 g/mol. The third-order valence-electron chi connectivity index (χ3n) is 3.48. The van der Waals surface area contributed by atoms with Crippen molar-refractivity contribution in [3.63, 3.8) is 0 Å². The van der Waals surface area contributed by atoms with Crippen LogP contribution in [0.4, 0.5) is 0 Å². The summed E-state index contributed by atoms with van der Waals surface area (Å²) in [5.74, 6) is 0.742. The van der Waals surface area contributed by atoms with Crippen molar-refractivity contribution in [2.45, 2.75) is 32.7 Å². The number of carbonyl (C=O) groups is 1. The van der Waals surface area contributed by atoms with E-state index in [1.807, 2.05) is 13.8 Å². The minimum atomic E-state index is -0.433. The lowest BCUT2D eigenvalue weighted by Gasteiger charge is -2.32. The van der Waals surface area contributed by atoms with Crippen LogP contribution in [-0.4, -0.2) is 51.1 Å². The average molecular weight is 307 g/mol. The van der Waals surface area contributed by atoms with Gasteiger partial charge in [0, 0.05) is 12.5 Å². The Morgan fingerprint density at radius 1 is 1.32 bits per heavy atom. The normalized spacial score (nSPS) is 18.9. The summed E-state index contributed by atoms with van der Waals surface area (Å²) in [5, 5.41) is 15.4. The number of aromatic nitrogens is 4. The number of ether oxygens (including phenoxy) is 1. The van der Waals surface area contributed by atoms with E-state index in [0.717, 1.165) is 0 Å². The third-order valence-corrected chi connectivity index (χ3v) is 3.48. The maximum Gasteiger partial charge on any atom is 0.278 e. The van der Waals surface area contributed by atoms with Gasteiger partial charge in [-0.3, -0.25) is 4.79 Å². The molecule has 0 N–H and O–H groups in total. The van der Waals surface area contributed by atoms with Gasteiger partial charge in [-0.05, 0) is 12.1 Å². The maximum atomic E-state index is 12.6. The Bertz CT molecular complexity index is 665. The van der Waals surface area contributed by atoms with Gasteiger partial charge in [-0.2, -0.15) is 0 Å². The maximum absolute atomic E-state index is 12.6. The van der Waals surface area contributed by atoms with Crippen molar-refractivity contribution in [1.82, 2.24) is 25.4 Å². The number of aryl methyl sites for hydroxylation is 1. The molecule has 1 saturated heterocycles. The molecule has 1 fully saturated rings. The van der Waals surface area contributed by atoms with E-state index in [0.29, 0.717) is 37.2 Å². The van der Waals surface area contributed by atoms with Gasteiger partial charge in [0.25, 0.3) is 5.91 Å². The Kier molecular flexibility index (Phi) is 3.88. The first-order chi connectivity index (χ1) is 10.6. The molecule has 9 heteroatoms. The second-order valence-electron chi connectivity index (χ2n) is 5.42. The zero-order valence-corrected chi connectivity index (χ0v) is 12.6. The lowest BCUT2D eigenvalue weighted by atomic mass is 10.2. The summed E-state index contributed by atoms with van der Waals surface area (Å²) >= 11 is 0. The molecule has 0 aromatic carbocycles. The fourth-order valence-corrected chi connectivity index (χ4v) is 2.23. The standard InChI is InChI=1S/C13H17N5O4/c1-7(2)11-14-15-12(21-11)9-6-20-5-4-18(9)13(19)10-8(3)16-22-17-10/h7,9H,4-6H2,1-3H3. The van der Waals surface area contributed by atoms with Crippen LogP contribution < -0.4 is 0 Å². The fraction of sp³-hybridized carbons (Fsp3) is 0.615. The first-order valence-electron chi connectivity index (χ1n) is 7.09. The Morgan fingerprint density at radius 3 is 2.77 bits per heavy atom. The number of carbonyl (C=O) groups excluding carboxylic acids is 1. The van der Waals surface area contributed by atoms with E-state index in [1.54, 1.807) is 11.8 Å². The molecule has 0 saturated carbocycles. The Morgan fingerprint density at radius 2 is 2.14 bits per heavy atom. The van der Waals surface area contributed by atoms with Crippen molar-refractivity contribution in [2.75, 3.05) is 19.8 Å². The Labute approximate surface area is 126 Å². The summed E-state index contributed by atoms with van der Waals surface area (Å²) < 4.78 is 15.7. The number of nitrogens with zero attached hydrogens (tertiary/aromatic N) is 5. The molecule has 22 heavy (non-hydrogen) atoms. The highest BCUT2D eigenvalue weighted by Gasteiger charge is 2.35. The van der Waals surface area contributed by atoms with Gasteiger partial charge in [0.05, 0.1) is 13.2 Å². The molecule has 3 heterocycles. The summed E-state index contributed by atoms with van der Waals surface area (Å²) in [7, 11) is 0. The second-order valence-corrected chi connectivity index (χ2v) is 5.42. The summed E-state index contributed by atoms with van der Waals surface area (Å²) in [6.45, 7) is 6.75. The second kappa shape index (κ2) is 5.84. The smallest absolute Gasteiger partial charge is 0.278 e. The van der Waals surface area contributed by atoms with Crippen LogP contribution in [0, 0.1) is 6.92 Å². The number of hydrogen-bond donors (Lipinski definition) is 0. The van der Waals surface area contributed by atoms with Crippen molar-refractivity contribution in [1.29, 1.82) is 0 Å². The highest BCUT2D eigenvalue weighted by molar-refractivity contribution is 5.93. The molecule has 0 aliphatic carbocycles. The number of rotatable bonds is 3. The fourth-order valence-electron chi connectivity index (χ4n) is 2.23. The zero-order valence-electron chi connectivity index (χ0n) is 12.6. The van der Waals surface area contributed by atoms with Gasteiger partial charge in [-0.25, -0.2) is 4.63 Å². The quantitative estimate of drug-likeness (QED) is 0.829. The van der Waals surface area contributed by atoms with Crippen molar-refractivity contribution in [3.8, 4) is 0 Å². The summed E-state index contributed by atoms with van der Waals surface area (Å²) in [4.78, 5) is 14.2. The van der Waals surface area contributed by atoms with Gasteiger partial charge < -0.3 is 14.1 Å². The number of morpholine rings is 1. The molecule has 0 spiro atoms. The minimum Gasteiger partial charge on any atom is -0.423 e. The van der Waals surface area contributed by atoms with E-state index in [9.17, 15) is 4.79 Å². The third kappa shape index (κ3) is 2.59. The SMILES string of the molecule is Cc1nonc1C(=O)N1CCOCC1c1nnc(C(C)C)o1. The largest absolute Gasteiger partial charge is 0.423 e. The van der Waals surface area contributed by atoms with Gasteiger partial charge in [0.1, 0.15) is 11.7 Å².